The zero-order valence-corrected chi connectivity index (χ0v) is 18.7. The minimum atomic E-state index is -1.05. The highest BCUT2D eigenvalue weighted by atomic mass is 16.4. The highest BCUT2D eigenvalue weighted by molar-refractivity contribution is 6.10. The maximum atomic E-state index is 13.0. The number of carboxylic acid groups (broad SMARTS) is 1. The molecule has 5 aromatic rings. The Morgan fingerprint density at radius 2 is 1.62 bits per heavy atom. The van der Waals surface area contributed by atoms with Crippen molar-refractivity contribution in [3.8, 4) is 28.4 Å². The number of aromatic hydroxyl groups is 1. The average molecular weight is 454 g/mol. The molecule has 2 N–H and O–H groups in total. The van der Waals surface area contributed by atoms with Crippen LogP contribution in [0.3, 0.4) is 0 Å². The summed E-state index contributed by atoms with van der Waals surface area (Å²) in [6.07, 6.45) is -0.340. The van der Waals surface area contributed by atoms with Crippen LogP contribution in [0.4, 0.5) is 0 Å². The van der Waals surface area contributed by atoms with Gasteiger partial charge in [-0.3, -0.25) is 9.59 Å². The first-order valence-corrected chi connectivity index (χ1v) is 11.0. The van der Waals surface area contributed by atoms with Crippen molar-refractivity contribution in [2.24, 2.45) is 0 Å². The van der Waals surface area contributed by atoms with Crippen LogP contribution in [0.2, 0.25) is 0 Å². The van der Waals surface area contributed by atoms with Gasteiger partial charge < -0.3 is 19.0 Å². The molecule has 34 heavy (non-hydrogen) atoms. The molecular weight excluding hydrogens is 432 g/mol. The second kappa shape index (κ2) is 8.23. The standard InChI is InChI=1S/C28H22O6/c1-15(2)16-8-10-18(11-9-16)27-19(12-24(31)32)25-23(34-27)14-21(30)26-20(29)13-22(33-28(25)26)17-6-4-3-5-7-17/h3-11,13-15,30H,12H2,1-2H3,(H,31,32). The van der Waals surface area contributed by atoms with Crippen molar-refractivity contribution in [1.82, 2.24) is 0 Å². The number of fused-ring (bicyclic) bond motifs is 3. The van der Waals surface area contributed by atoms with E-state index in [1.165, 1.54) is 12.1 Å². The SMILES string of the molecule is CC(C)c1ccc(-c2oc3cc(O)c4c(=O)cc(-c5ccccc5)oc4c3c2CC(=O)O)cc1. The van der Waals surface area contributed by atoms with Crippen molar-refractivity contribution in [2.45, 2.75) is 26.2 Å². The molecule has 0 spiro atoms. The Balaban J connectivity index is 1.85. The first-order valence-electron chi connectivity index (χ1n) is 11.0. The molecule has 3 aromatic carbocycles. The first-order chi connectivity index (χ1) is 16.3. The van der Waals surface area contributed by atoms with Crippen molar-refractivity contribution in [1.29, 1.82) is 0 Å². The van der Waals surface area contributed by atoms with Crippen LogP contribution in [0.25, 0.3) is 44.6 Å². The van der Waals surface area contributed by atoms with Crippen LogP contribution in [-0.2, 0) is 11.2 Å². The van der Waals surface area contributed by atoms with Gasteiger partial charge in [-0.05, 0) is 11.5 Å². The van der Waals surface area contributed by atoms with E-state index >= 15 is 0 Å². The third-order valence-corrected chi connectivity index (χ3v) is 5.96. The molecule has 0 atom stereocenters. The lowest BCUT2D eigenvalue weighted by Crippen LogP contribution is -2.03. The van der Waals surface area contributed by atoms with Gasteiger partial charge in [-0.1, -0.05) is 68.4 Å². The van der Waals surface area contributed by atoms with Crippen LogP contribution < -0.4 is 5.43 Å². The molecular formula is C28H22O6. The van der Waals surface area contributed by atoms with Gasteiger partial charge in [0, 0.05) is 28.8 Å². The topological polar surface area (TPSA) is 101 Å². The fourth-order valence-electron chi connectivity index (χ4n) is 4.26. The third-order valence-electron chi connectivity index (χ3n) is 5.96. The molecule has 6 nitrogen and oxygen atoms in total. The van der Waals surface area contributed by atoms with Gasteiger partial charge in [-0.25, -0.2) is 0 Å². The number of carbonyl (C=O) groups is 1. The lowest BCUT2D eigenvalue weighted by Gasteiger charge is -2.07. The Morgan fingerprint density at radius 1 is 0.912 bits per heavy atom. The van der Waals surface area contributed by atoms with E-state index in [0.29, 0.717) is 39.5 Å². The van der Waals surface area contributed by atoms with Crippen LogP contribution in [0.1, 0.15) is 30.9 Å². The maximum absolute atomic E-state index is 13.0. The molecule has 6 heteroatoms. The Bertz CT molecular complexity index is 1590. The number of hydrogen-bond donors (Lipinski definition) is 2. The summed E-state index contributed by atoms with van der Waals surface area (Å²) in [6, 6.07) is 19.5. The van der Waals surface area contributed by atoms with Crippen LogP contribution >= 0.6 is 0 Å². The largest absolute Gasteiger partial charge is 0.507 e. The van der Waals surface area contributed by atoms with E-state index in [-0.39, 0.29) is 28.7 Å². The fraction of sp³-hybridized carbons (Fsp3) is 0.143. The molecule has 0 saturated carbocycles. The molecule has 0 bridgehead atoms. The van der Waals surface area contributed by atoms with Gasteiger partial charge >= 0.3 is 5.97 Å². The molecule has 0 amide bonds. The third kappa shape index (κ3) is 3.63. The van der Waals surface area contributed by atoms with Gasteiger partial charge in [0.15, 0.2) is 11.0 Å². The molecule has 2 heterocycles. The minimum Gasteiger partial charge on any atom is -0.507 e. The first kappa shape index (κ1) is 21.5. The molecule has 170 valence electrons. The second-order valence-electron chi connectivity index (χ2n) is 8.57. The summed E-state index contributed by atoms with van der Waals surface area (Å²) in [5, 5.41) is 20.6. The Labute approximate surface area is 194 Å². The minimum absolute atomic E-state index is 0.0127. The molecule has 0 radical (unpaired) electrons. The van der Waals surface area contributed by atoms with Gasteiger partial charge in [0.25, 0.3) is 0 Å². The number of benzene rings is 3. The monoisotopic (exact) mass is 454 g/mol. The normalized spacial score (nSPS) is 11.5. The van der Waals surface area contributed by atoms with E-state index in [2.05, 4.69) is 13.8 Å². The molecule has 0 aliphatic carbocycles. The average Bonchev–Trinajstić information content (AvgIpc) is 3.16. The molecule has 2 aromatic heterocycles. The van der Waals surface area contributed by atoms with Gasteiger partial charge in [-0.15, -0.1) is 0 Å². The van der Waals surface area contributed by atoms with E-state index in [1.807, 2.05) is 42.5 Å². The quantitative estimate of drug-likeness (QED) is 0.322. The molecule has 0 aliphatic heterocycles. The lowest BCUT2D eigenvalue weighted by atomic mass is 9.98. The van der Waals surface area contributed by atoms with E-state index in [4.69, 9.17) is 8.83 Å². The van der Waals surface area contributed by atoms with Crippen LogP contribution in [0, 0.1) is 0 Å². The Morgan fingerprint density at radius 3 is 2.26 bits per heavy atom. The summed E-state index contributed by atoms with van der Waals surface area (Å²) in [7, 11) is 0. The van der Waals surface area contributed by atoms with Crippen LogP contribution in [-0.4, -0.2) is 16.2 Å². The van der Waals surface area contributed by atoms with Gasteiger partial charge in [0.2, 0.25) is 0 Å². The van der Waals surface area contributed by atoms with E-state index in [1.54, 1.807) is 12.1 Å². The summed E-state index contributed by atoms with van der Waals surface area (Å²) >= 11 is 0. The van der Waals surface area contributed by atoms with Gasteiger partial charge in [-0.2, -0.15) is 0 Å². The van der Waals surface area contributed by atoms with Crippen LogP contribution in [0.15, 0.2) is 80.4 Å². The van der Waals surface area contributed by atoms with Crippen molar-refractivity contribution < 1.29 is 23.8 Å². The molecule has 5 rings (SSSR count). The highest BCUT2D eigenvalue weighted by Crippen LogP contribution is 2.41. The predicted molar refractivity (Wildman–Crippen MR) is 130 cm³/mol. The zero-order valence-electron chi connectivity index (χ0n) is 18.7. The van der Waals surface area contributed by atoms with Gasteiger partial charge in [0.1, 0.15) is 28.2 Å². The number of hydrogen-bond acceptors (Lipinski definition) is 5. The number of rotatable bonds is 5. The number of phenols is 1. The molecule has 0 fully saturated rings. The van der Waals surface area contributed by atoms with Crippen molar-refractivity contribution in [3.05, 3.63) is 88.1 Å². The molecule has 0 unspecified atom stereocenters. The summed E-state index contributed by atoms with van der Waals surface area (Å²) in [5.74, 6) is -0.309. The van der Waals surface area contributed by atoms with Crippen LogP contribution in [0.5, 0.6) is 5.75 Å². The Kier molecular flexibility index (Phi) is 5.21. The zero-order chi connectivity index (χ0) is 24.0. The molecule has 0 aliphatic rings. The van der Waals surface area contributed by atoms with E-state index < -0.39 is 11.4 Å². The highest BCUT2D eigenvalue weighted by Gasteiger charge is 2.25. The predicted octanol–water partition coefficient (Wildman–Crippen LogP) is 6.33. The summed E-state index contributed by atoms with van der Waals surface area (Å²) in [4.78, 5) is 24.8. The number of aliphatic carboxylic acids is 1. The van der Waals surface area contributed by atoms with Crippen molar-refractivity contribution >= 4 is 27.9 Å². The van der Waals surface area contributed by atoms with E-state index in [0.717, 1.165) is 5.56 Å². The Hall–Kier alpha value is -4.32. The smallest absolute Gasteiger partial charge is 0.307 e. The summed E-state index contributed by atoms with van der Waals surface area (Å²) in [5.41, 5.74) is 2.84. The summed E-state index contributed by atoms with van der Waals surface area (Å²) in [6.45, 7) is 4.18. The lowest BCUT2D eigenvalue weighted by molar-refractivity contribution is -0.136. The summed E-state index contributed by atoms with van der Waals surface area (Å²) < 4.78 is 12.2. The maximum Gasteiger partial charge on any atom is 0.307 e. The second-order valence-corrected chi connectivity index (χ2v) is 8.57. The number of furan rings is 1. The molecule has 0 saturated heterocycles. The van der Waals surface area contributed by atoms with Crippen molar-refractivity contribution in [3.63, 3.8) is 0 Å². The fourth-order valence-corrected chi connectivity index (χ4v) is 4.26. The van der Waals surface area contributed by atoms with Crippen molar-refractivity contribution in [2.75, 3.05) is 0 Å². The van der Waals surface area contributed by atoms with E-state index in [9.17, 15) is 19.8 Å². The number of phenolic OH excluding ortho intramolecular Hbond substituents is 1. The van der Waals surface area contributed by atoms with Gasteiger partial charge in [0.05, 0.1) is 11.8 Å². The number of carboxylic acids is 1.